The van der Waals surface area contributed by atoms with Crippen LogP contribution < -0.4 is 4.74 Å². The SMILES string of the molecule is COC(=O)CCCC(=O)c1cc2ccccc2cc1OC. The maximum absolute atomic E-state index is 12.3. The van der Waals surface area contributed by atoms with E-state index in [1.807, 2.05) is 36.4 Å². The fourth-order valence-electron chi connectivity index (χ4n) is 2.24. The van der Waals surface area contributed by atoms with E-state index in [1.54, 1.807) is 7.11 Å². The van der Waals surface area contributed by atoms with E-state index in [9.17, 15) is 9.59 Å². The Kier molecular flexibility index (Phi) is 4.93. The van der Waals surface area contributed by atoms with Gasteiger partial charge in [-0.1, -0.05) is 24.3 Å². The topological polar surface area (TPSA) is 52.6 Å². The van der Waals surface area contributed by atoms with Crippen molar-refractivity contribution in [2.24, 2.45) is 0 Å². The highest BCUT2D eigenvalue weighted by Gasteiger charge is 2.14. The first-order valence-electron chi connectivity index (χ1n) is 6.82. The molecule has 0 saturated heterocycles. The molecule has 4 nitrogen and oxygen atoms in total. The predicted octanol–water partition coefficient (Wildman–Crippen LogP) is 3.37. The Balaban J connectivity index is 2.19. The van der Waals surface area contributed by atoms with Gasteiger partial charge in [-0.25, -0.2) is 0 Å². The Hall–Kier alpha value is -2.36. The molecular formula is C17H18O4. The number of hydrogen-bond acceptors (Lipinski definition) is 4. The zero-order chi connectivity index (χ0) is 15.2. The number of methoxy groups -OCH3 is 2. The van der Waals surface area contributed by atoms with Crippen molar-refractivity contribution in [3.63, 3.8) is 0 Å². The molecule has 0 aliphatic carbocycles. The minimum atomic E-state index is -0.298. The summed E-state index contributed by atoms with van der Waals surface area (Å²) in [5.74, 6) is 0.242. The quantitative estimate of drug-likeness (QED) is 0.603. The number of Topliss-reactive ketones (excluding diaryl/α,β-unsaturated/α-hetero) is 1. The fraction of sp³-hybridized carbons (Fsp3) is 0.294. The summed E-state index contributed by atoms with van der Waals surface area (Å²) in [4.78, 5) is 23.4. The second-order valence-electron chi connectivity index (χ2n) is 4.75. The number of esters is 1. The van der Waals surface area contributed by atoms with Gasteiger partial charge in [-0.05, 0) is 29.3 Å². The van der Waals surface area contributed by atoms with Gasteiger partial charge < -0.3 is 9.47 Å². The summed E-state index contributed by atoms with van der Waals surface area (Å²) in [7, 11) is 2.89. The average molecular weight is 286 g/mol. The molecular weight excluding hydrogens is 268 g/mol. The first kappa shape index (κ1) is 15.0. The van der Waals surface area contributed by atoms with Gasteiger partial charge in [-0.15, -0.1) is 0 Å². The van der Waals surface area contributed by atoms with E-state index in [1.165, 1.54) is 7.11 Å². The third-order valence-electron chi connectivity index (χ3n) is 3.38. The van der Waals surface area contributed by atoms with Gasteiger partial charge in [0, 0.05) is 12.8 Å². The van der Waals surface area contributed by atoms with Crippen LogP contribution in [0.5, 0.6) is 5.75 Å². The lowest BCUT2D eigenvalue weighted by Gasteiger charge is -2.09. The number of carbonyl (C=O) groups is 2. The van der Waals surface area contributed by atoms with Crippen molar-refractivity contribution in [3.05, 3.63) is 42.0 Å². The third kappa shape index (κ3) is 3.60. The van der Waals surface area contributed by atoms with Gasteiger partial charge >= 0.3 is 5.97 Å². The van der Waals surface area contributed by atoms with E-state index in [4.69, 9.17) is 4.74 Å². The normalized spacial score (nSPS) is 10.4. The van der Waals surface area contributed by atoms with Crippen LogP contribution in [0.1, 0.15) is 29.6 Å². The Morgan fingerprint density at radius 1 is 1.00 bits per heavy atom. The summed E-state index contributed by atoms with van der Waals surface area (Å²) < 4.78 is 9.88. The van der Waals surface area contributed by atoms with Crippen LogP contribution in [-0.4, -0.2) is 26.0 Å². The van der Waals surface area contributed by atoms with Crippen molar-refractivity contribution in [1.82, 2.24) is 0 Å². The predicted molar refractivity (Wildman–Crippen MR) is 80.7 cm³/mol. The zero-order valence-corrected chi connectivity index (χ0v) is 12.2. The van der Waals surface area contributed by atoms with Gasteiger partial charge in [-0.3, -0.25) is 9.59 Å². The van der Waals surface area contributed by atoms with Crippen LogP contribution in [0.4, 0.5) is 0 Å². The number of benzene rings is 2. The first-order valence-corrected chi connectivity index (χ1v) is 6.82. The molecule has 2 aromatic rings. The molecule has 4 heteroatoms. The summed E-state index contributed by atoms with van der Waals surface area (Å²) in [5, 5.41) is 2.02. The molecule has 2 aromatic carbocycles. The smallest absolute Gasteiger partial charge is 0.305 e. The molecule has 0 spiro atoms. The molecule has 0 amide bonds. The molecule has 0 aromatic heterocycles. The standard InChI is InChI=1S/C17H18O4/c1-20-16-11-13-7-4-3-6-12(13)10-14(16)15(18)8-5-9-17(19)21-2/h3-4,6-7,10-11H,5,8-9H2,1-2H3. The molecule has 0 aliphatic heterocycles. The van der Waals surface area contributed by atoms with E-state index >= 15 is 0 Å². The average Bonchev–Trinajstić information content (AvgIpc) is 2.53. The van der Waals surface area contributed by atoms with Crippen LogP contribution in [-0.2, 0) is 9.53 Å². The summed E-state index contributed by atoms with van der Waals surface area (Å²) in [6.45, 7) is 0. The molecule has 2 rings (SSSR count). The minimum absolute atomic E-state index is 0.0264. The summed E-state index contributed by atoms with van der Waals surface area (Å²) in [6.07, 6.45) is 1.02. The van der Waals surface area contributed by atoms with E-state index in [0.717, 1.165) is 10.8 Å². The first-order chi connectivity index (χ1) is 10.2. The van der Waals surface area contributed by atoms with Gasteiger partial charge in [0.2, 0.25) is 0 Å². The Bertz CT molecular complexity index is 661. The van der Waals surface area contributed by atoms with E-state index < -0.39 is 0 Å². The maximum atomic E-state index is 12.3. The summed E-state index contributed by atoms with van der Waals surface area (Å²) in [5.41, 5.74) is 0.557. The van der Waals surface area contributed by atoms with Crippen LogP contribution in [0.2, 0.25) is 0 Å². The number of hydrogen-bond donors (Lipinski definition) is 0. The second kappa shape index (κ2) is 6.88. The largest absolute Gasteiger partial charge is 0.496 e. The van der Waals surface area contributed by atoms with Crippen LogP contribution in [0.3, 0.4) is 0 Å². The lowest BCUT2D eigenvalue weighted by Crippen LogP contribution is -2.05. The lowest BCUT2D eigenvalue weighted by atomic mass is 10.00. The van der Waals surface area contributed by atoms with E-state index in [-0.39, 0.29) is 18.2 Å². The van der Waals surface area contributed by atoms with E-state index in [2.05, 4.69) is 4.74 Å². The van der Waals surface area contributed by atoms with Crippen molar-refractivity contribution < 1.29 is 19.1 Å². The summed E-state index contributed by atoms with van der Waals surface area (Å²) >= 11 is 0. The van der Waals surface area contributed by atoms with Gasteiger partial charge in [0.1, 0.15) is 5.75 Å². The molecule has 0 heterocycles. The molecule has 0 fully saturated rings. The van der Waals surface area contributed by atoms with Crippen LogP contribution in [0, 0.1) is 0 Å². The van der Waals surface area contributed by atoms with E-state index in [0.29, 0.717) is 24.2 Å². The van der Waals surface area contributed by atoms with Crippen LogP contribution in [0.25, 0.3) is 10.8 Å². The van der Waals surface area contributed by atoms with Gasteiger partial charge in [0.15, 0.2) is 5.78 Å². The Morgan fingerprint density at radius 3 is 2.29 bits per heavy atom. The third-order valence-corrected chi connectivity index (χ3v) is 3.38. The molecule has 0 bridgehead atoms. The lowest BCUT2D eigenvalue weighted by molar-refractivity contribution is -0.140. The minimum Gasteiger partial charge on any atom is -0.496 e. The Labute approximate surface area is 123 Å². The number of ether oxygens (including phenoxy) is 2. The van der Waals surface area contributed by atoms with Crippen molar-refractivity contribution >= 4 is 22.5 Å². The second-order valence-corrected chi connectivity index (χ2v) is 4.75. The molecule has 0 radical (unpaired) electrons. The molecule has 21 heavy (non-hydrogen) atoms. The highest BCUT2D eigenvalue weighted by molar-refractivity contribution is 6.03. The van der Waals surface area contributed by atoms with Gasteiger partial charge in [0.05, 0.1) is 19.8 Å². The molecule has 0 atom stereocenters. The van der Waals surface area contributed by atoms with Gasteiger partial charge in [0.25, 0.3) is 0 Å². The molecule has 0 aliphatic rings. The van der Waals surface area contributed by atoms with Crippen molar-refractivity contribution in [1.29, 1.82) is 0 Å². The monoisotopic (exact) mass is 286 g/mol. The van der Waals surface area contributed by atoms with Gasteiger partial charge in [-0.2, -0.15) is 0 Å². The number of fused-ring (bicyclic) bond motifs is 1. The highest BCUT2D eigenvalue weighted by atomic mass is 16.5. The van der Waals surface area contributed by atoms with Crippen molar-refractivity contribution in [3.8, 4) is 5.75 Å². The molecule has 0 unspecified atom stereocenters. The zero-order valence-electron chi connectivity index (χ0n) is 12.2. The fourth-order valence-corrected chi connectivity index (χ4v) is 2.24. The van der Waals surface area contributed by atoms with Crippen LogP contribution >= 0.6 is 0 Å². The maximum Gasteiger partial charge on any atom is 0.305 e. The number of ketones is 1. The molecule has 0 N–H and O–H groups in total. The summed E-state index contributed by atoms with van der Waals surface area (Å²) in [6, 6.07) is 11.5. The van der Waals surface area contributed by atoms with Crippen LogP contribution in [0.15, 0.2) is 36.4 Å². The Morgan fingerprint density at radius 2 is 1.67 bits per heavy atom. The number of carbonyl (C=O) groups excluding carboxylic acids is 2. The molecule has 110 valence electrons. The van der Waals surface area contributed by atoms with Crippen molar-refractivity contribution in [2.75, 3.05) is 14.2 Å². The number of rotatable bonds is 6. The highest BCUT2D eigenvalue weighted by Crippen LogP contribution is 2.27. The molecule has 0 saturated carbocycles. The van der Waals surface area contributed by atoms with Crippen molar-refractivity contribution in [2.45, 2.75) is 19.3 Å².